The van der Waals surface area contributed by atoms with Crippen molar-refractivity contribution in [3.8, 4) is 0 Å². The molecule has 0 atom stereocenters. The second kappa shape index (κ2) is 21.3. The number of nitrogens with one attached hydrogen (secondary N) is 1. The molecule has 0 spiro atoms. The number of hydrogen-bond acceptors (Lipinski definition) is 17. The molecule has 0 unspecified atom stereocenters. The number of nitrogens with zero attached hydrogens (tertiary/aromatic N) is 6. The molecule has 0 bridgehead atoms. The maximum Gasteiger partial charge on any atom is 1.00 e. The maximum absolute atomic E-state index is 14.0. The minimum Gasteiger partial charge on any atom is -0.744 e. The zero-order valence-electron chi connectivity index (χ0n) is 28.0. The first-order valence-corrected chi connectivity index (χ1v) is 17.4. The predicted molar refractivity (Wildman–Crippen MR) is 176 cm³/mol. The third-order valence-corrected chi connectivity index (χ3v) is 9.36. The molecule has 1 heterocycles. The predicted octanol–water partition coefficient (Wildman–Crippen LogP) is -1.56. The van der Waals surface area contributed by atoms with Crippen LogP contribution in [0.25, 0.3) is 10.8 Å². The largest absolute Gasteiger partial charge is 1.00 e. The molecule has 25 heteroatoms. The fourth-order valence-corrected chi connectivity index (χ4v) is 6.30. The van der Waals surface area contributed by atoms with Gasteiger partial charge in [-0.2, -0.15) is 33.3 Å². The van der Waals surface area contributed by atoms with Crippen molar-refractivity contribution in [2.24, 2.45) is 20.5 Å². The molecule has 0 aliphatic carbocycles. The molecule has 54 heavy (non-hydrogen) atoms. The van der Waals surface area contributed by atoms with Crippen LogP contribution < -0.4 is 99.2 Å². The van der Waals surface area contributed by atoms with Crippen molar-refractivity contribution in [3.05, 3.63) is 88.8 Å². The van der Waals surface area contributed by atoms with E-state index in [2.05, 4.69) is 45.1 Å². The average Bonchev–Trinajstić information content (AvgIpc) is 3.04. The molecule has 5 aromatic rings. The maximum atomic E-state index is 14.0. The third-order valence-electron chi connectivity index (χ3n) is 6.69. The van der Waals surface area contributed by atoms with E-state index in [4.69, 9.17) is 11.6 Å². The van der Waals surface area contributed by atoms with Gasteiger partial charge in [-0.3, -0.25) is 5.04 Å². The molecular formula is C29H21ClF2N7Na3O9S3. The van der Waals surface area contributed by atoms with Crippen molar-refractivity contribution in [1.29, 1.82) is 0 Å². The van der Waals surface area contributed by atoms with E-state index in [0.29, 0.717) is 28.9 Å². The van der Waals surface area contributed by atoms with Crippen molar-refractivity contribution in [2.75, 3.05) is 5.32 Å². The van der Waals surface area contributed by atoms with Crippen molar-refractivity contribution < 1.29 is 138 Å². The van der Waals surface area contributed by atoms with Crippen LogP contribution in [0.1, 0.15) is 18.6 Å². The van der Waals surface area contributed by atoms with Gasteiger partial charge >= 0.3 is 94.8 Å². The molecule has 1 N–H and O–H groups in total. The molecule has 4 aromatic carbocycles. The molecule has 268 valence electrons. The Morgan fingerprint density at radius 1 is 0.778 bits per heavy atom. The number of fused-ring (bicyclic) bond motifs is 1. The second-order valence-electron chi connectivity index (χ2n) is 9.96. The number of aromatic nitrogens is 2. The summed E-state index contributed by atoms with van der Waals surface area (Å²) in [5.74, 6) is -1.91. The van der Waals surface area contributed by atoms with E-state index in [9.17, 15) is 40.0 Å². The molecule has 16 nitrogen and oxygen atoms in total. The summed E-state index contributed by atoms with van der Waals surface area (Å²) in [5.41, 5.74) is 1.23. The van der Waals surface area contributed by atoms with Crippen LogP contribution in [0, 0.1) is 25.9 Å². The number of rotatable bonds is 11. The van der Waals surface area contributed by atoms with Crippen LogP contribution in [-0.2, 0) is 29.6 Å². The van der Waals surface area contributed by atoms with Gasteiger partial charge in [-0.25, -0.2) is 16.8 Å². The summed E-state index contributed by atoms with van der Waals surface area (Å²) in [7, 11) is -10.0. The second-order valence-corrected chi connectivity index (χ2v) is 13.8. The van der Waals surface area contributed by atoms with Crippen molar-refractivity contribution in [1.82, 2.24) is 9.97 Å². The van der Waals surface area contributed by atoms with E-state index in [1.54, 1.807) is 26.0 Å². The molecule has 0 saturated carbocycles. The smallest absolute Gasteiger partial charge is 0.744 e. The molecule has 0 saturated heterocycles. The summed E-state index contributed by atoms with van der Waals surface area (Å²) < 4.78 is 104. The van der Waals surface area contributed by atoms with Crippen LogP contribution >= 0.6 is 23.6 Å². The molecule has 0 aliphatic rings. The fourth-order valence-electron chi connectivity index (χ4n) is 4.47. The Bertz CT molecular complexity index is 2460. The summed E-state index contributed by atoms with van der Waals surface area (Å²) >= 11 is 6.32. The quantitative estimate of drug-likeness (QED) is 0.0231. The number of benzene rings is 4. The number of hydrogen-bond donors (Lipinski definition) is 1. The molecule has 0 fully saturated rings. The van der Waals surface area contributed by atoms with Gasteiger partial charge in [0.1, 0.15) is 30.9 Å². The zero-order valence-corrected chi connectivity index (χ0v) is 37.2. The summed E-state index contributed by atoms with van der Waals surface area (Å²) in [4.78, 5) is 5.12. The average molecular weight is 850 g/mol. The molecule has 1 aromatic heterocycles. The van der Waals surface area contributed by atoms with Crippen LogP contribution in [0.4, 0.5) is 43.0 Å². The summed E-state index contributed by atoms with van der Waals surface area (Å²) in [5, 5.41) is 31.7. The Balaban J connectivity index is 0.00000364. The molecule has 0 aliphatic heterocycles. The van der Waals surface area contributed by atoms with E-state index in [0.717, 1.165) is 18.2 Å². The normalized spacial score (nSPS) is 11.5. The van der Waals surface area contributed by atoms with Gasteiger partial charge in [-0.05, 0) is 73.5 Å². The number of anilines is 2. The van der Waals surface area contributed by atoms with E-state index < -0.39 is 52.9 Å². The van der Waals surface area contributed by atoms with E-state index in [-0.39, 0.29) is 135 Å². The standard InChI is InChI=1S/C28H20ClF2N7O9S3.CH4.3Na/c1-13-11-20(37-38-21-12-15(48-47-46-39)6-9-22(21)49(40,41)42)14(2)10-19(13)36-35-17-7-8-18(32-27-25(29)26(30)33-28(31)34-27)24-16(17)4-3-5-23(24)50(43,44)45;;;;/h3-12,39H,1-2H3,(H,32,33,34)(H,40,41,42)(H,43,44,45);1H4;;;/q;;3*+1/p-3. The molecule has 0 amide bonds. The van der Waals surface area contributed by atoms with Crippen molar-refractivity contribution in [3.63, 3.8) is 0 Å². The monoisotopic (exact) mass is 849 g/mol. The van der Waals surface area contributed by atoms with E-state index in [1.165, 1.54) is 30.3 Å². The first-order valence-electron chi connectivity index (χ1n) is 13.4. The van der Waals surface area contributed by atoms with E-state index in [1.807, 2.05) is 0 Å². The topological polar surface area (TPSA) is 243 Å². The Morgan fingerprint density at radius 3 is 1.93 bits per heavy atom. The third kappa shape index (κ3) is 12.2. The van der Waals surface area contributed by atoms with E-state index >= 15 is 0 Å². The van der Waals surface area contributed by atoms with Crippen molar-refractivity contribution in [2.45, 2.75) is 36.0 Å². The zero-order chi connectivity index (χ0) is 36.4. The SMILES string of the molecule is C.Cc1cc(N=Nc2ccc(Nc3nc(F)nc(F)c3Cl)c3c(S(=O)(=O)[O-])cccc23)c(C)cc1N=Nc1cc(SOO[O-])ccc1S(=O)(=O)[O-].[Na+].[Na+].[Na+]. The van der Waals surface area contributed by atoms with Gasteiger partial charge in [0.05, 0.1) is 38.9 Å². The number of halogens is 3. The number of aryl methyl sites for hydroxylation is 2. The van der Waals surface area contributed by atoms with Gasteiger partial charge in [-0.15, -0.1) is 10.2 Å². The van der Waals surface area contributed by atoms with Gasteiger partial charge < -0.3 is 19.7 Å². The Hall–Kier alpha value is -1.58. The number of azo groups is 2. The minimum absolute atomic E-state index is 0. The first-order chi connectivity index (χ1) is 23.6. The minimum atomic E-state index is -5.09. The van der Waals surface area contributed by atoms with Crippen molar-refractivity contribution >= 4 is 88.9 Å². The summed E-state index contributed by atoms with van der Waals surface area (Å²) in [6.45, 7) is 3.28. The van der Waals surface area contributed by atoms with Gasteiger partial charge in [0, 0.05) is 21.4 Å². The van der Waals surface area contributed by atoms with Gasteiger partial charge in [0.2, 0.25) is 5.95 Å². The Labute approximate surface area is 383 Å². The molecule has 0 radical (unpaired) electrons. The van der Waals surface area contributed by atoms with Crippen LogP contribution in [0.3, 0.4) is 0 Å². The first kappa shape index (κ1) is 50.4. The summed E-state index contributed by atoms with van der Waals surface area (Å²) in [6, 6.07) is 12.9. The van der Waals surface area contributed by atoms with Crippen LogP contribution in [0.15, 0.2) is 95.8 Å². The summed E-state index contributed by atoms with van der Waals surface area (Å²) in [6.07, 6.45) is -1.45. The van der Waals surface area contributed by atoms with Gasteiger partial charge in [-0.1, -0.05) is 31.2 Å². The van der Waals surface area contributed by atoms with Gasteiger partial charge in [0.25, 0.3) is 0 Å². The van der Waals surface area contributed by atoms with Crippen LogP contribution in [-0.4, -0.2) is 35.9 Å². The Morgan fingerprint density at radius 2 is 1.35 bits per heavy atom. The van der Waals surface area contributed by atoms with Crippen LogP contribution in [0.5, 0.6) is 0 Å². The molecule has 5 rings (SSSR count). The van der Waals surface area contributed by atoms with Gasteiger partial charge in [0.15, 0.2) is 5.82 Å². The molecular weight excluding hydrogens is 829 g/mol. The van der Waals surface area contributed by atoms with Crippen LogP contribution in [0.2, 0.25) is 5.02 Å². The Kier molecular flexibility index (Phi) is 19.9. The fraction of sp³-hybridized carbons (Fsp3) is 0.103.